The van der Waals surface area contributed by atoms with Gasteiger partial charge < -0.3 is 15.4 Å². The van der Waals surface area contributed by atoms with E-state index < -0.39 is 0 Å². The molecule has 0 bridgehead atoms. The molecule has 1 fully saturated rings. The molecular formula is C12H17BrN2O. The third-order valence-electron chi connectivity index (χ3n) is 3.10. The number of anilines is 1. The van der Waals surface area contributed by atoms with Crippen molar-refractivity contribution in [3.63, 3.8) is 0 Å². The molecule has 1 unspecified atom stereocenters. The summed E-state index contributed by atoms with van der Waals surface area (Å²) in [5.74, 6) is 1.55. The number of methoxy groups -OCH3 is 1. The molecule has 88 valence electrons. The Morgan fingerprint density at radius 1 is 1.56 bits per heavy atom. The van der Waals surface area contributed by atoms with Crippen LogP contribution in [0.1, 0.15) is 6.42 Å². The zero-order valence-corrected chi connectivity index (χ0v) is 11.0. The fourth-order valence-electron chi connectivity index (χ4n) is 2.15. The molecule has 0 amide bonds. The van der Waals surface area contributed by atoms with E-state index in [1.165, 1.54) is 6.42 Å². The average molecular weight is 285 g/mol. The van der Waals surface area contributed by atoms with Crippen LogP contribution in [0.2, 0.25) is 0 Å². The Hall–Kier alpha value is -0.740. The molecule has 1 aliphatic heterocycles. The Balaban J connectivity index is 2.22. The molecule has 0 radical (unpaired) electrons. The van der Waals surface area contributed by atoms with E-state index in [-0.39, 0.29) is 0 Å². The number of halogens is 1. The van der Waals surface area contributed by atoms with Crippen LogP contribution in [-0.2, 0) is 0 Å². The van der Waals surface area contributed by atoms with Gasteiger partial charge in [0.2, 0.25) is 0 Å². The smallest absolute Gasteiger partial charge is 0.142 e. The molecule has 2 N–H and O–H groups in total. The van der Waals surface area contributed by atoms with Crippen molar-refractivity contribution in [3.05, 3.63) is 22.7 Å². The van der Waals surface area contributed by atoms with Gasteiger partial charge in [0, 0.05) is 17.6 Å². The molecular weight excluding hydrogens is 268 g/mol. The predicted octanol–water partition coefficient (Wildman–Crippen LogP) is 2.24. The molecule has 1 aliphatic rings. The maximum Gasteiger partial charge on any atom is 0.142 e. The van der Waals surface area contributed by atoms with E-state index in [0.717, 1.165) is 35.5 Å². The number of rotatable bonds is 3. The lowest BCUT2D eigenvalue weighted by molar-refractivity contribution is 0.414. The summed E-state index contributed by atoms with van der Waals surface area (Å²) < 4.78 is 6.47. The summed E-state index contributed by atoms with van der Waals surface area (Å²) in [5, 5.41) is 0. The Morgan fingerprint density at radius 2 is 2.38 bits per heavy atom. The lowest BCUT2D eigenvalue weighted by Gasteiger charge is -2.21. The molecule has 1 aromatic carbocycles. The van der Waals surface area contributed by atoms with Crippen molar-refractivity contribution < 1.29 is 4.74 Å². The maximum atomic E-state index is 5.71. The number of nitrogens with two attached hydrogens (primary N) is 1. The summed E-state index contributed by atoms with van der Waals surface area (Å²) in [5.41, 5.74) is 6.87. The zero-order valence-electron chi connectivity index (χ0n) is 9.45. The van der Waals surface area contributed by atoms with Crippen LogP contribution < -0.4 is 15.4 Å². The predicted molar refractivity (Wildman–Crippen MR) is 70.1 cm³/mol. The first-order valence-corrected chi connectivity index (χ1v) is 6.32. The molecule has 2 rings (SSSR count). The highest BCUT2D eigenvalue weighted by Crippen LogP contribution is 2.34. The topological polar surface area (TPSA) is 38.5 Å². The van der Waals surface area contributed by atoms with Gasteiger partial charge >= 0.3 is 0 Å². The fourth-order valence-corrected chi connectivity index (χ4v) is 2.50. The van der Waals surface area contributed by atoms with E-state index in [9.17, 15) is 0 Å². The summed E-state index contributed by atoms with van der Waals surface area (Å²) in [7, 11) is 1.71. The largest absolute Gasteiger partial charge is 0.495 e. The van der Waals surface area contributed by atoms with Gasteiger partial charge in [-0.05, 0) is 37.1 Å². The van der Waals surface area contributed by atoms with Gasteiger partial charge in [-0.15, -0.1) is 0 Å². The van der Waals surface area contributed by atoms with Crippen LogP contribution in [0.4, 0.5) is 5.69 Å². The Labute approximate surface area is 105 Å². The minimum absolute atomic E-state index is 0.615. The molecule has 0 aromatic heterocycles. The number of hydrogen-bond donors (Lipinski definition) is 1. The van der Waals surface area contributed by atoms with E-state index in [1.54, 1.807) is 7.11 Å². The Morgan fingerprint density at radius 3 is 3.00 bits per heavy atom. The van der Waals surface area contributed by atoms with E-state index in [2.05, 4.69) is 26.9 Å². The van der Waals surface area contributed by atoms with Crippen molar-refractivity contribution in [2.75, 3.05) is 31.6 Å². The van der Waals surface area contributed by atoms with E-state index in [1.807, 2.05) is 12.1 Å². The molecule has 16 heavy (non-hydrogen) atoms. The molecule has 0 aliphatic carbocycles. The van der Waals surface area contributed by atoms with Crippen LogP contribution in [0.5, 0.6) is 5.75 Å². The van der Waals surface area contributed by atoms with Gasteiger partial charge in [-0.2, -0.15) is 0 Å². The lowest BCUT2D eigenvalue weighted by Crippen LogP contribution is -2.23. The molecule has 1 saturated heterocycles. The molecule has 1 atom stereocenters. The van der Waals surface area contributed by atoms with E-state index in [4.69, 9.17) is 10.5 Å². The highest BCUT2D eigenvalue weighted by molar-refractivity contribution is 9.10. The van der Waals surface area contributed by atoms with Crippen molar-refractivity contribution in [3.8, 4) is 5.75 Å². The monoisotopic (exact) mass is 284 g/mol. The van der Waals surface area contributed by atoms with Gasteiger partial charge in [-0.25, -0.2) is 0 Å². The molecule has 4 heteroatoms. The Kier molecular flexibility index (Phi) is 3.71. The van der Waals surface area contributed by atoms with Crippen molar-refractivity contribution >= 4 is 21.6 Å². The summed E-state index contributed by atoms with van der Waals surface area (Å²) >= 11 is 3.50. The van der Waals surface area contributed by atoms with Gasteiger partial charge in [0.05, 0.1) is 12.8 Å². The van der Waals surface area contributed by atoms with Crippen LogP contribution in [0.25, 0.3) is 0 Å². The van der Waals surface area contributed by atoms with E-state index >= 15 is 0 Å². The van der Waals surface area contributed by atoms with Crippen molar-refractivity contribution in [1.82, 2.24) is 0 Å². The Bertz CT molecular complexity index is 370. The van der Waals surface area contributed by atoms with Crippen LogP contribution in [0.15, 0.2) is 22.7 Å². The van der Waals surface area contributed by atoms with Gasteiger partial charge in [0.1, 0.15) is 5.75 Å². The summed E-state index contributed by atoms with van der Waals surface area (Å²) in [4.78, 5) is 2.35. The first-order valence-electron chi connectivity index (χ1n) is 5.53. The number of nitrogens with zero attached hydrogens (tertiary/aromatic N) is 1. The molecule has 0 spiro atoms. The first kappa shape index (κ1) is 11.7. The quantitative estimate of drug-likeness (QED) is 0.925. The lowest BCUT2D eigenvalue weighted by atomic mass is 10.1. The average Bonchev–Trinajstić information content (AvgIpc) is 2.77. The zero-order chi connectivity index (χ0) is 11.5. The van der Waals surface area contributed by atoms with Crippen LogP contribution in [0.3, 0.4) is 0 Å². The fraction of sp³-hybridized carbons (Fsp3) is 0.500. The normalized spacial score (nSPS) is 20.2. The van der Waals surface area contributed by atoms with Gasteiger partial charge in [0.25, 0.3) is 0 Å². The van der Waals surface area contributed by atoms with Crippen LogP contribution >= 0.6 is 15.9 Å². The summed E-state index contributed by atoms with van der Waals surface area (Å²) in [6.45, 7) is 2.87. The maximum absolute atomic E-state index is 5.71. The highest BCUT2D eigenvalue weighted by atomic mass is 79.9. The van der Waals surface area contributed by atoms with Crippen molar-refractivity contribution in [2.24, 2.45) is 11.7 Å². The molecule has 1 aromatic rings. The summed E-state index contributed by atoms with van der Waals surface area (Å²) in [6.07, 6.45) is 1.17. The van der Waals surface area contributed by atoms with Gasteiger partial charge in [-0.3, -0.25) is 0 Å². The third kappa shape index (κ3) is 2.33. The highest BCUT2D eigenvalue weighted by Gasteiger charge is 2.23. The van der Waals surface area contributed by atoms with Crippen molar-refractivity contribution in [1.29, 1.82) is 0 Å². The molecule has 1 heterocycles. The standard InChI is InChI=1S/C12H17BrN2O/c1-16-12-3-2-10(13)6-11(12)15-5-4-9(7-14)8-15/h2-3,6,9H,4-5,7-8,14H2,1H3. The number of benzene rings is 1. The molecule has 0 saturated carbocycles. The van der Waals surface area contributed by atoms with E-state index in [0.29, 0.717) is 5.92 Å². The second kappa shape index (κ2) is 5.06. The second-order valence-corrected chi connectivity index (χ2v) is 5.07. The minimum Gasteiger partial charge on any atom is -0.495 e. The van der Waals surface area contributed by atoms with Gasteiger partial charge in [-0.1, -0.05) is 15.9 Å². The third-order valence-corrected chi connectivity index (χ3v) is 3.59. The second-order valence-electron chi connectivity index (χ2n) is 4.15. The summed E-state index contributed by atoms with van der Waals surface area (Å²) in [6, 6.07) is 6.10. The minimum atomic E-state index is 0.615. The molecule has 3 nitrogen and oxygen atoms in total. The van der Waals surface area contributed by atoms with Crippen LogP contribution in [0, 0.1) is 5.92 Å². The van der Waals surface area contributed by atoms with Gasteiger partial charge in [0.15, 0.2) is 0 Å². The van der Waals surface area contributed by atoms with Crippen molar-refractivity contribution in [2.45, 2.75) is 6.42 Å². The van der Waals surface area contributed by atoms with Crippen LogP contribution in [-0.4, -0.2) is 26.7 Å². The number of hydrogen-bond acceptors (Lipinski definition) is 3. The first-order chi connectivity index (χ1) is 7.74. The number of ether oxygens (including phenoxy) is 1. The SMILES string of the molecule is COc1ccc(Br)cc1N1CCC(CN)C1.